The maximum atomic E-state index is 4.53. The second kappa shape index (κ2) is 3.47. The van der Waals surface area contributed by atoms with E-state index in [4.69, 9.17) is 0 Å². The van der Waals surface area contributed by atoms with Crippen molar-refractivity contribution in [2.24, 2.45) is 0 Å². The summed E-state index contributed by atoms with van der Waals surface area (Å²) in [4.78, 5) is 0. The van der Waals surface area contributed by atoms with Crippen molar-refractivity contribution in [3.05, 3.63) is 0 Å². The van der Waals surface area contributed by atoms with Gasteiger partial charge in [0.1, 0.15) is 0 Å². The van der Waals surface area contributed by atoms with Crippen LogP contribution in [0.4, 0.5) is 0 Å². The molecular formula is C6H10I2S. The van der Waals surface area contributed by atoms with E-state index in [1.165, 1.54) is 25.7 Å². The SMILES string of the molecule is SC1CCCCC1(I)I. The fourth-order valence-electron chi connectivity index (χ4n) is 1.08. The summed E-state index contributed by atoms with van der Waals surface area (Å²) in [5.41, 5.74) is 0. The van der Waals surface area contributed by atoms with Gasteiger partial charge in [0.05, 0.1) is 1.43 Å². The van der Waals surface area contributed by atoms with Gasteiger partial charge in [-0.15, -0.1) is 0 Å². The van der Waals surface area contributed by atoms with Gasteiger partial charge >= 0.3 is 0 Å². The zero-order chi connectivity index (χ0) is 6.91. The highest BCUT2D eigenvalue weighted by Crippen LogP contribution is 2.44. The number of hydrogen-bond acceptors (Lipinski definition) is 1. The second-order valence-corrected chi connectivity index (χ2v) is 9.06. The van der Waals surface area contributed by atoms with E-state index >= 15 is 0 Å². The highest BCUT2D eigenvalue weighted by atomic mass is 127. The van der Waals surface area contributed by atoms with Crippen LogP contribution in [0.5, 0.6) is 0 Å². The van der Waals surface area contributed by atoms with Crippen molar-refractivity contribution in [3.63, 3.8) is 0 Å². The second-order valence-electron chi connectivity index (χ2n) is 2.52. The summed E-state index contributed by atoms with van der Waals surface area (Å²) in [5, 5.41) is 0.618. The molecule has 1 aliphatic rings. The minimum Gasteiger partial charge on any atom is -0.174 e. The Bertz CT molecular complexity index is 103. The van der Waals surface area contributed by atoms with Crippen LogP contribution in [-0.2, 0) is 0 Å². The molecule has 1 unspecified atom stereocenters. The molecule has 1 aliphatic carbocycles. The van der Waals surface area contributed by atoms with Crippen LogP contribution in [-0.4, -0.2) is 6.68 Å². The first-order valence-corrected chi connectivity index (χ1v) is 5.86. The third-order valence-electron chi connectivity index (χ3n) is 1.73. The molecule has 1 saturated carbocycles. The molecule has 54 valence electrons. The third kappa shape index (κ3) is 2.39. The Morgan fingerprint density at radius 3 is 2.33 bits per heavy atom. The predicted molar refractivity (Wildman–Crippen MR) is 62.0 cm³/mol. The zero-order valence-corrected chi connectivity index (χ0v) is 10.3. The van der Waals surface area contributed by atoms with Crippen molar-refractivity contribution in [2.75, 3.05) is 0 Å². The van der Waals surface area contributed by atoms with Crippen LogP contribution in [0.25, 0.3) is 0 Å². The van der Waals surface area contributed by atoms with E-state index in [0.29, 0.717) is 6.68 Å². The fourth-order valence-corrected chi connectivity index (χ4v) is 2.77. The van der Waals surface area contributed by atoms with Crippen LogP contribution in [0.1, 0.15) is 25.7 Å². The van der Waals surface area contributed by atoms with Crippen molar-refractivity contribution in [1.29, 1.82) is 0 Å². The number of rotatable bonds is 0. The largest absolute Gasteiger partial charge is 0.174 e. The summed E-state index contributed by atoms with van der Waals surface area (Å²) in [7, 11) is 0. The minimum atomic E-state index is 0.441. The Morgan fingerprint density at radius 1 is 1.33 bits per heavy atom. The van der Waals surface area contributed by atoms with Crippen LogP contribution >= 0.6 is 57.8 Å². The summed E-state index contributed by atoms with van der Waals surface area (Å²) in [6.07, 6.45) is 5.40. The molecule has 0 bridgehead atoms. The molecule has 0 aromatic carbocycles. The molecule has 0 nitrogen and oxygen atoms in total. The van der Waals surface area contributed by atoms with Gasteiger partial charge in [0.25, 0.3) is 0 Å². The highest BCUT2D eigenvalue weighted by molar-refractivity contribution is 14.2. The van der Waals surface area contributed by atoms with Gasteiger partial charge in [-0.25, -0.2) is 0 Å². The van der Waals surface area contributed by atoms with Crippen LogP contribution in [0.2, 0.25) is 0 Å². The molecule has 0 aliphatic heterocycles. The van der Waals surface area contributed by atoms with Gasteiger partial charge in [-0.1, -0.05) is 58.0 Å². The molecule has 9 heavy (non-hydrogen) atoms. The van der Waals surface area contributed by atoms with Crippen LogP contribution in [0.15, 0.2) is 0 Å². The molecule has 0 spiro atoms. The Morgan fingerprint density at radius 2 is 2.00 bits per heavy atom. The summed E-state index contributed by atoms with van der Waals surface area (Å²) >= 11 is 9.58. The first-order valence-electron chi connectivity index (χ1n) is 3.19. The molecule has 0 radical (unpaired) electrons. The molecule has 1 atom stereocenters. The monoisotopic (exact) mass is 368 g/mol. The summed E-state index contributed by atoms with van der Waals surface area (Å²) in [5.74, 6) is 0. The van der Waals surface area contributed by atoms with Gasteiger partial charge in [-0.2, -0.15) is 12.6 Å². The molecule has 3 heteroatoms. The van der Waals surface area contributed by atoms with E-state index in [2.05, 4.69) is 57.8 Å². The summed E-state index contributed by atoms with van der Waals surface area (Å²) < 4.78 is 0.441. The molecule has 0 aromatic rings. The molecule has 0 heterocycles. The Hall–Kier alpha value is 1.81. The maximum absolute atomic E-state index is 4.53. The smallest absolute Gasteiger partial charge is 0.0849 e. The fraction of sp³-hybridized carbons (Fsp3) is 1.00. The quantitative estimate of drug-likeness (QED) is 0.378. The van der Waals surface area contributed by atoms with Gasteiger partial charge in [0.15, 0.2) is 0 Å². The standard InChI is InChI=1S/C6H10I2S/c7-6(8)4-2-1-3-5(6)9/h5,9H,1-4H2. The zero-order valence-electron chi connectivity index (χ0n) is 5.11. The van der Waals surface area contributed by atoms with Gasteiger partial charge < -0.3 is 0 Å². The average molecular weight is 368 g/mol. The van der Waals surface area contributed by atoms with E-state index < -0.39 is 0 Å². The highest BCUT2D eigenvalue weighted by Gasteiger charge is 2.32. The lowest BCUT2D eigenvalue weighted by atomic mass is 10.0. The summed E-state index contributed by atoms with van der Waals surface area (Å²) in [6, 6.07) is 0. The normalized spacial score (nSPS) is 34.3. The van der Waals surface area contributed by atoms with Crippen molar-refractivity contribution < 1.29 is 0 Å². The number of halogens is 2. The van der Waals surface area contributed by atoms with Crippen LogP contribution in [0, 0.1) is 0 Å². The van der Waals surface area contributed by atoms with Crippen molar-refractivity contribution >= 4 is 57.8 Å². The molecule has 0 amide bonds. The molecule has 0 saturated heterocycles. The molecular weight excluding hydrogens is 358 g/mol. The molecule has 1 rings (SSSR count). The van der Waals surface area contributed by atoms with Gasteiger partial charge in [-0.3, -0.25) is 0 Å². The first-order chi connectivity index (χ1) is 4.13. The number of alkyl halides is 2. The van der Waals surface area contributed by atoms with Crippen molar-refractivity contribution in [1.82, 2.24) is 0 Å². The van der Waals surface area contributed by atoms with Gasteiger partial charge in [-0.05, 0) is 12.8 Å². The average Bonchev–Trinajstić information content (AvgIpc) is 1.77. The molecule has 0 aromatic heterocycles. The van der Waals surface area contributed by atoms with E-state index in [0.717, 1.165) is 0 Å². The van der Waals surface area contributed by atoms with Crippen molar-refractivity contribution in [2.45, 2.75) is 32.4 Å². The van der Waals surface area contributed by atoms with Gasteiger partial charge in [0, 0.05) is 5.25 Å². The number of hydrogen-bond donors (Lipinski definition) is 1. The van der Waals surface area contributed by atoms with Crippen LogP contribution in [0.3, 0.4) is 0 Å². The third-order valence-corrected chi connectivity index (χ3v) is 5.99. The lowest BCUT2D eigenvalue weighted by molar-refractivity contribution is 0.531. The summed E-state index contributed by atoms with van der Waals surface area (Å²) in [6.45, 7) is 0. The van der Waals surface area contributed by atoms with E-state index in [1.54, 1.807) is 0 Å². The lowest BCUT2D eigenvalue weighted by Crippen LogP contribution is -2.28. The Kier molecular flexibility index (Phi) is 3.43. The molecule has 1 fully saturated rings. The minimum absolute atomic E-state index is 0.441. The van der Waals surface area contributed by atoms with Gasteiger partial charge in [0.2, 0.25) is 0 Å². The Labute approximate surface area is 89.2 Å². The first kappa shape index (κ1) is 8.90. The number of thiol groups is 1. The van der Waals surface area contributed by atoms with Crippen molar-refractivity contribution in [3.8, 4) is 0 Å². The molecule has 0 N–H and O–H groups in total. The van der Waals surface area contributed by atoms with E-state index in [-0.39, 0.29) is 0 Å². The van der Waals surface area contributed by atoms with E-state index in [1.807, 2.05) is 0 Å². The Balaban J connectivity index is 2.49. The topological polar surface area (TPSA) is 0 Å². The maximum Gasteiger partial charge on any atom is 0.0849 e. The predicted octanol–water partition coefficient (Wildman–Crippen LogP) is 3.43. The lowest BCUT2D eigenvalue weighted by Gasteiger charge is -2.31. The van der Waals surface area contributed by atoms with Crippen LogP contribution < -0.4 is 0 Å². The van der Waals surface area contributed by atoms with E-state index in [9.17, 15) is 0 Å².